The number of likely N-dealkylation sites (tertiary alicyclic amines) is 1. The van der Waals surface area contributed by atoms with Crippen LogP contribution in [0.4, 0.5) is 10.5 Å². The molecule has 6 heteroatoms. The molecule has 138 valence electrons. The lowest BCUT2D eigenvalue weighted by molar-refractivity contribution is 0.207. The van der Waals surface area contributed by atoms with Gasteiger partial charge in [0, 0.05) is 6.54 Å². The average Bonchev–Trinajstić information content (AvgIpc) is 3.17. The van der Waals surface area contributed by atoms with Crippen molar-refractivity contribution in [1.82, 2.24) is 4.90 Å². The quantitative estimate of drug-likeness (QED) is 0.877. The van der Waals surface area contributed by atoms with Crippen LogP contribution in [0.2, 0.25) is 0 Å². The molecule has 26 heavy (non-hydrogen) atoms. The van der Waals surface area contributed by atoms with Crippen LogP contribution in [0.15, 0.2) is 42.5 Å². The van der Waals surface area contributed by atoms with Gasteiger partial charge in [0.05, 0.1) is 33.1 Å². The number of rotatable bonds is 5. The highest BCUT2D eigenvalue weighted by Gasteiger charge is 2.31. The third-order valence-electron chi connectivity index (χ3n) is 4.65. The molecule has 1 heterocycles. The van der Waals surface area contributed by atoms with Crippen LogP contribution in [0, 0.1) is 0 Å². The van der Waals surface area contributed by atoms with Crippen LogP contribution in [-0.4, -0.2) is 38.8 Å². The number of nitrogens with one attached hydrogen (secondary N) is 1. The molecule has 0 aromatic heterocycles. The average molecular weight is 356 g/mol. The maximum Gasteiger partial charge on any atom is 0.322 e. The first-order valence-corrected chi connectivity index (χ1v) is 8.60. The number of benzene rings is 2. The van der Waals surface area contributed by atoms with E-state index < -0.39 is 0 Å². The van der Waals surface area contributed by atoms with Gasteiger partial charge in [0.2, 0.25) is 0 Å². The lowest BCUT2D eigenvalue weighted by atomic mass is 10.0. The Labute approximate surface area is 153 Å². The van der Waals surface area contributed by atoms with Crippen molar-refractivity contribution in [2.45, 2.75) is 18.9 Å². The Hall–Kier alpha value is -2.89. The van der Waals surface area contributed by atoms with Gasteiger partial charge in [0.1, 0.15) is 5.75 Å². The number of carbonyl (C=O) groups is 1. The molecule has 0 radical (unpaired) electrons. The number of urea groups is 1. The first-order valence-electron chi connectivity index (χ1n) is 8.60. The van der Waals surface area contributed by atoms with Crippen LogP contribution in [0.5, 0.6) is 17.2 Å². The SMILES string of the molecule is COc1ccccc1NC(=O)N1CCCC1c1ccc(OC)c(OC)c1. The monoisotopic (exact) mass is 356 g/mol. The first-order chi connectivity index (χ1) is 12.7. The topological polar surface area (TPSA) is 60.0 Å². The summed E-state index contributed by atoms with van der Waals surface area (Å²) in [6, 6.07) is 13.1. The molecule has 1 N–H and O–H groups in total. The molecule has 3 rings (SSSR count). The molecule has 1 atom stereocenters. The van der Waals surface area contributed by atoms with Gasteiger partial charge in [-0.3, -0.25) is 0 Å². The summed E-state index contributed by atoms with van der Waals surface area (Å²) in [7, 11) is 4.82. The number of hydrogen-bond donors (Lipinski definition) is 1. The number of amides is 2. The maximum absolute atomic E-state index is 12.8. The predicted octanol–water partition coefficient (Wildman–Crippen LogP) is 4.08. The Morgan fingerprint density at radius 3 is 2.46 bits per heavy atom. The highest BCUT2D eigenvalue weighted by molar-refractivity contribution is 5.91. The Balaban J connectivity index is 1.80. The molecule has 0 aliphatic carbocycles. The van der Waals surface area contributed by atoms with E-state index in [9.17, 15) is 4.79 Å². The predicted molar refractivity (Wildman–Crippen MR) is 100 cm³/mol. The first kappa shape index (κ1) is 17.9. The summed E-state index contributed by atoms with van der Waals surface area (Å²) >= 11 is 0. The Kier molecular flexibility index (Phi) is 5.51. The highest BCUT2D eigenvalue weighted by Crippen LogP contribution is 2.37. The number of para-hydroxylation sites is 2. The number of hydrogen-bond acceptors (Lipinski definition) is 4. The summed E-state index contributed by atoms with van der Waals surface area (Å²) in [5, 5.41) is 2.96. The zero-order chi connectivity index (χ0) is 18.5. The molecule has 2 aromatic carbocycles. The van der Waals surface area contributed by atoms with Crippen LogP contribution < -0.4 is 19.5 Å². The smallest absolute Gasteiger partial charge is 0.322 e. The Morgan fingerprint density at radius 2 is 1.73 bits per heavy atom. The minimum absolute atomic E-state index is 0.00418. The van der Waals surface area contributed by atoms with Crippen LogP contribution in [0.3, 0.4) is 0 Å². The lowest BCUT2D eigenvalue weighted by Gasteiger charge is -2.26. The van der Waals surface area contributed by atoms with Gasteiger partial charge in [0.15, 0.2) is 11.5 Å². The molecule has 1 saturated heterocycles. The third kappa shape index (κ3) is 3.54. The summed E-state index contributed by atoms with van der Waals surface area (Å²) in [5.74, 6) is 1.99. The number of anilines is 1. The van der Waals surface area contributed by atoms with E-state index in [1.807, 2.05) is 47.4 Å². The second-order valence-electron chi connectivity index (χ2n) is 6.10. The van der Waals surface area contributed by atoms with E-state index >= 15 is 0 Å². The van der Waals surface area contributed by atoms with Crippen molar-refractivity contribution in [1.29, 1.82) is 0 Å². The fourth-order valence-corrected chi connectivity index (χ4v) is 3.35. The number of carbonyl (C=O) groups excluding carboxylic acids is 1. The number of nitrogens with zero attached hydrogens (tertiary/aromatic N) is 1. The van der Waals surface area contributed by atoms with Crippen molar-refractivity contribution >= 4 is 11.7 Å². The molecule has 1 unspecified atom stereocenters. The van der Waals surface area contributed by atoms with Crippen molar-refractivity contribution in [3.05, 3.63) is 48.0 Å². The van der Waals surface area contributed by atoms with Crippen molar-refractivity contribution in [3.63, 3.8) is 0 Å². The van der Waals surface area contributed by atoms with Crippen molar-refractivity contribution in [2.75, 3.05) is 33.2 Å². The van der Waals surface area contributed by atoms with Gasteiger partial charge in [-0.1, -0.05) is 18.2 Å². The third-order valence-corrected chi connectivity index (χ3v) is 4.65. The lowest BCUT2D eigenvalue weighted by Crippen LogP contribution is -2.34. The molecule has 1 aliphatic heterocycles. The number of methoxy groups -OCH3 is 3. The molecule has 0 bridgehead atoms. The van der Waals surface area contributed by atoms with E-state index in [2.05, 4.69) is 5.32 Å². The van der Waals surface area contributed by atoms with Crippen molar-refractivity contribution < 1.29 is 19.0 Å². The molecule has 2 amide bonds. The summed E-state index contributed by atoms with van der Waals surface area (Å²) < 4.78 is 16.0. The van der Waals surface area contributed by atoms with E-state index in [0.29, 0.717) is 29.5 Å². The Morgan fingerprint density at radius 1 is 1.00 bits per heavy atom. The van der Waals surface area contributed by atoms with E-state index in [-0.39, 0.29) is 12.1 Å². The summed E-state index contributed by atoms with van der Waals surface area (Å²) in [6.45, 7) is 0.708. The van der Waals surface area contributed by atoms with Gasteiger partial charge in [0.25, 0.3) is 0 Å². The molecular formula is C20H24N2O4. The molecule has 1 fully saturated rings. The van der Waals surface area contributed by atoms with Crippen LogP contribution in [0.1, 0.15) is 24.4 Å². The molecule has 0 spiro atoms. The Bertz CT molecular complexity index is 778. The number of ether oxygens (including phenoxy) is 3. The molecule has 0 saturated carbocycles. The summed E-state index contributed by atoms with van der Waals surface area (Å²) in [4.78, 5) is 14.7. The molecule has 6 nitrogen and oxygen atoms in total. The standard InChI is InChI=1S/C20H24N2O4/c1-24-17-9-5-4-7-15(17)21-20(23)22-12-6-8-16(22)14-10-11-18(25-2)19(13-14)26-3/h4-5,7,9-11,13,16H,6,8,12H2,1-3H3,(H,21,23). The van der Waals surface area contributed by atoms with Crippen LogP contribution in [0.25, 0.3) is 0 Å². The highest BCUT2D eigenvalue weighted by atomic mass is 16.5. The fourth-order valence-electron chi connectivity index (χ4n) is 3.35. The largest absolute Gasteiger partial charge is 0.495 e. The molecule has 2 aromatic rings. The van der Waals surface area contributed by atoms with Crippen LogP contribution in [-0.2, 0) is 0 Å². The normalized spacial score (nSPS) is 16.3. The fraction of sp³-hybridized carbons (Fsp3) is 0.350. The minimum Gasteiger partial charge on any atom is -0.495 e. The van der Waals surface area contributed by atoms with Crippen LogP contribution >= 0.6 is 0 Å². The minimum atomic E-state index is -0.133. The molecular weight excluding hydrogens is 332 g/mol. The van der Waals surface area contributed by atoms with E-state index in [1.165, 1.54) is 0 Å². The summed E-state index contributed by atoms with van der Waals surface area (Å²) in [6.07, 6.45) is 1.87. The van der Waals surface area contributed by atoms with Gasteiger partial charge in [-0.15, -0.1) is 0 Å². The molecule has 1 aliphatic rings. The van der Waals surface area contributed by atoms with E-state index in [4.69, 9.17) is 14.2 Å². The van der Waals surface area contributed by atoms with Gasteiger partial charge in [-0.05, 0) is 42.7 Å². The summed E-state index contributed by atoms with van der Waals surface area (Å²) in [5.41, 5.74) is 1.70. The van der Waals surface area contributed by atoms with E-state index in [0.717, 1.165) is 18.4 Å². The van der Waals surface area contributed by atoms with E-state index in [1.54, 1.807) is 21.3 Å². The maximum atomic E-state index is 12.8. The van der Waals surface area contributed by atoms with Gasteiger partial charge < -0.3 is 24.4 Å². The van der Waals surface area contributed by atoms with Gasteiger partial charge in [-0.2, -0.15) is 0 Å². The van der Waals surface area contributed by atoms with Crippen molar-refractivity contribution in [2.24, 2.45) is 0 Å². The second-order valence-corrected chi connectivity index (χ2v) is 6.10. The van der Waals surface area contributed by atoms with Gasteiger partial charge >= 0.3 is 6.03 Å². The van der Waals surface area contributed by atoms with Crippen molar-refractivity contribution in [3.8, 4) is 17.2 Å². The second kappa shape index (κ2) is 7.99. The van der Waals surface area contributed by atoms with Gasteiger partial charge in [-0.25, -0.2) is 4.79 Å². The zero-order valence-electron chi connectivity index (χ0n) is 15.3. The zero-order valence-corrected chi connectivity index (χ0v) is 15.3.